The zero-order valence-electron chi connectivity index (χ0n) is 4.52. The fraction of sp³-hybridized carbons (Fsp3) is 0. The van der Waals surface area contributed by atoms with E-state index in [2.05, 4.69) is 0 Å². The Morgan fingerprint density at radius 2 is 0.778 bits per heavy atom. The monoisotopic (exact) mass is 256 g/mol. The van der Waals surface area contributed by atoms with Crippen LogP contribution in [0.15, 0.2) is 0 Å². The molecule has 0 atom stereocenters. The van der Waals surface area contributed by atoms with Gasteiger partial charge in [-0.05, 0) is 0 Å². The molecule has 9 heavy (non-hydrogen) atoms. The Hall–Kier alpha value is 2.72. The van der Waals surface area contributed by atoms with Gasteiger partial charge in [0.2, 0.25) is 0 Å². The molecule has 4 N–H and O–H groups in total. The van der Waals surface area contributed by atoms with Gasteiger partial charge in [-0.25, -0.2) is 0 Å². The Bertz CT molecular complexity index is 28.5. The number of rotatable bonds is 0. The Balaban J connectivity index is -0.0000000133. The third-order valence-corrected chi connectivity index (χ3v) is 0. The fourth-order valence-electron chi connectivity index (χ4n) is 0. The molecule has 0 aromatic carbocycles. The summed E-state index contributed by atoms with van der Waals surface area (Å²) >= 11 is 0. The van der Waals surface area contributed by atoms with Crippen LogP contribution in [0.2, 0.25) is 0 Å². The molecule has 48 valence electrons. The van der Waals surface area contributed by atoms with Crippen LogP contribution in [0.3, 0.4) is 0 Å². The SMILES string of the molecule is O[Si](O)(O)O.[Ca+2].[O-2].[O-2].[Sr+2]. The second-order valence-electron chi connectivity index (χ2n) is 0.600. The van der Waals surface area contributed by atoms with Gasteiger partial charge in [-0.3, -0.25) is 0 Å². The van der Waals surface area contributed by atoms with Crippen LogP contribution in [0.4, 0.5) is 0 Å². The molecule has 0 saturated carbocycles. The van der Waals surface area contributed by atoms with Gasteiger partial charge in [0.25, 0.3) is 0 Å². The summed E-state index contributed by atoms with van der Waals surface area (Å²) in [6, 6.07) is 0. The van der Waals surface area contributed by atoms with Crippen molar-refractivity contribution >= 4 is 92.3 Å². The summed E-state index contributed by atoms with van der Waals surface area (Å²) < 4.78 is 0. The van der Waals surface area contributed by atoms with Crippen molar-refractivity contribution in [2.45, 2.75) is 0 Å². The summed E-state index contributed by atoms with van der Waals surface area (Å²) in [6.07, 6.45) is 0. The second kappa shape index (κ2) is 13.3. The fourth-order valence-corrected chi connectivity index (χ4v) is 0. The van der Waals surface area contributed by atoms with Crippen molar-refractivity contribution in [1.82, 2.24) is 0 Å². The maximum atomic E-state index is 7.33. The Morgan fingerprint density at radius 1 is 0.778 bits per heavy atom. The van der Waals surface area contributed by atoms with Gasteiger partial charge in [-0.1, -0.05) is 0 Å². The Labute approximate surface area is 120 Å². The molecule has 0 bridgehead atoms. The minimum absolute atomic E-state index is 0. The number of hydrogen-bond acceptors (Lipinski definition) is 4. The van der Waals surface area contributed by atoms with Gasteiger partial charge < -0.3 is 30.1 Å². The van der Waals surface area contributed by atoms with Crippen LogP contribution in [0, 0.1) is 0 Å². The quantitative estimate of drug-likeness (QED) is 0.332. The first-order chi connectivity index (χ1) is 2.00. The first kappa shape index (κ1) is 29.8. The van der Waals surface area contributed by atoms with Crippen molar-refractivity contribution in [2.24, 2.45) is 0 Å². The summed E-state index contributed by atoms with van der Waals surface area (Å²) in [6.45, 7) is 0. The van der Waals surface area contributed by atoms with E-state index in [9.17, 15) is 0 Å². The van der Waals surface area contributed by atoms with Gasteiger partial charge in [0, 0.05) is 0 Å². The van der Waals surface area contributed by atoms with E-state index in [1.54, 1.807) is 0 Å². The van der Waals surface area contributed by atoms with E-state index in [1.807, 2.05) is 0 Å². The van der Waals surface area contributed by atoms with Crippen LogP contribution in [-0.4, -0.2) is 111 Å². The van der Waals surface area contributed by atoms with E-state index in [0.29, 0.717) is 0 Å². The first-order valence-corrected chi connectivity index (χ1v) is 2.68. The molecule has 0 fully saturated rings. The number of hydrogen-bond donors (Lipinski definition) is 4. The van der Waals surface area contributed by atoms with Crippen LogP contribution >= 0.6 is 0 Å². The van der Waals surface area contributed by atoms with Gasteiger partial charge in [-0.15, -0.1) is 0 Å². The van der Waals surface area contributed by atoms with Crippen molar-refractivity contribution in [2.75, 3.05) is 0 Å². The molecule has 0 radical (unpaired) electrons. The third-order valence-electron chi connectivity index (χ3n) is 0. The average Bonchev–Trinajstić information content (AvgIpc) is 0.722. The first-order valence-electron chi connectivity index (χ1n) is 0.894. The molecular formula is H4CaO6SiSr. The zero-order chi connectivity index (χ0) is 4.50. The summed E-state index contributed by atoms with van der Waals surface area (Å²) in [4.78, 5) is 29.3. The summed E-state index contributed by atoms with van der Waals surface area (Å²) in [5, 5.41) is 0. The molecule has 0 heterocycles. The van der Waals surface area contributed by atoms with Gasteiger partial charge >= 0.3 is 92.3 Å². The molecule has 0 amide bonds. The van der Waals surface area contributed by atoms with Gasteiger partial charge in [0.15, 0.2) is 0 Å². The van der Waals surface area contributed by atoms with Crippen LogP contribution in [0.1, 0.15) is 0 Å². The summed E-state index contributed by atoms with van der Waals surface area (Å²) in [7, 11) is -4.61. The van der Waals surface area contributed by atoms with Crippen LogP contribution < -0.4 is 0 Å². The largest absolute Gasteiger partial charge is 2.00 e. The third kappa shape index (κ3) is 110. The van der Waals surface area contributed by atoms with E-state index in [4.69, 9.17) is 19.2 Å². The van der Waals surface area contributed by atoms with Gasteiger partial charge in [-0.2, -0.15) is 0 Å². The molecule has 0 aromatic rings. The molecule has 0 saturated heterocycles. The van der Waals surface area contributed by atoms with Crippen molar-refractivity contribution in [1.29, 1.82) is 0 Å². The zero-order valence-corrected chi connectivity index (χ0v) is 11.2. The smallest absolute Gasteiger partial charge is 2.00 e. The van der Waals surface area contributed by atoms with E-state index >= 15 is 0 Å². The molecule has 0 unspecified atom stereocenters. The van der Waals surface area contributed by atoms with Crippen molar-refractivity contribution < 1.29 is 30.1 Å². The average molecular weight is 256 g/mol. The molecule has 0 rings (SSSR count). The molecule has 0 spiro atoms. The van der Waals surface area contributed by atoms with Crippen molar-refractivity contribution in [3.63, 3.8) is 0 Å². The normalized spacial score (nSPS) is 6.67. The van der Waals surface area contributed by atoms with E-state index in [-0.39, 0.29) is 94.2 Å². The van der Waals surface area contributed by atoms with E-state index in [0.717, 1.165) is 0 Å². The predicted molar refractivity (Wildman–Crippen MR) is 27.5 cm³/mol. The van der Waals surface area contributed by atoms with Crippen molar-refractivity contribution in [3.05, 3.63) is 0 Å². The molecule has 6 nitrogen and oxygen atoms in total. The summed E-state index contributed by atoms with van der Waals surface area (Å²) in [5.41, 5.74) is 0. The minimum Gasteiger partial charge on any atom is -2.00 e. The van der Waals surface area contributed by atoms with Gasteiger partial charge in [0.1, 0.15) is 0 Å². The standard InChI is InChI=1S/Ca.H4O4Si.2O.Sr/c;1-5(2,3)4;;;/h;1-4H;;;/q+2;;2*-2;+2. The van der Waals surface area contributed by atoms with E-state index < -0.39 is 9.05 Å². The maximum absolute atomic E-state index is 7.33. The molecule has 0 aliphatic rings. The predicted octanol–water partition coefficient (Wildman–Crippen LogP) is -3.61. The minimum atomic E-state index is -4.61. The molecule has 0 aromatic heterocycles. The Morgan fingerprint density at radius 3 is 0.778 bits per heavy atom. The summed E-state index contributed by atoms with van der Waals surface area (Å²) in [5.74, 6) is 0. The van der Waals surface area contributed by atoms with Crippen LogP contribution in [0.25, 0.3) is 0 Å². The molecular weight excluding hydrogens is 252 g/mol. The molecule has 0 aliphatic heterocycles. The second-order valence-corrected chi connectivity index (χ2v) is 1.80. The Kier molecular flexibility index (Phi) is 44.1. The molecule has 0 aliphatic carbocycles. The maximum Gasteiger partial charge on any atom is 2.00 e. The topological polar surface area (TPSA) is 138 Å². The van der Waals surface area contributed by atoms with Crippen molar-refractivity contribution in [3.8, 4) is 0 Å². The van der Waals surface area contributed by atoms with Gasteiger partial charge in [0.05, 0.1) is 0 Å². The van der Waals surface area contributed by atoms with E-state index in [1.165, 1.54) is 0 Å². The molecule has 9 heteroatoms. The van der Waals surface area contributed by atoms with Crippen LogP contribution in [-0.2, 0) is 11.0 Å². The van der Waals surface area contributed by atoms with Crippen LogP contribution in [0.5, 0.6) is 0 Å².